The van der Waals surface area contributed by atoms with Crippen molar-refractivity contribution in [1.29, 1.82) is 0 Å². The van der Waals surface area contributed by atoms with Crippen LogP contribution in [0.2, 0.25) is 0 Å². The number of carbonyl (C=O) groups is 1. The molecule has 0 unspecified atom stereocenters. The third-order valence-corrected chi connectivity index (χ3v) is 4.80. The Morgan fingerprint density at radius 1 is 1.12 bits per heavy atom. The molecule has 128 valence electrons. The molecule has 3 heterocycles. The van der Waals surface area contributed by atoms with Crippen LogP contribution >= 0.6 is 11.3 Å². The van der Waals surface area contributed by atoms with E-state index in [1.165, 1.54) is 0 Å². The highest BCUT2D eigenvalue weighted by Crippen LogP contribution is 2.28. The number of carbonyl (C=O) groups excluding carboxylic acids is 1. The second-order valence-corrected chi connectivity index (χ2v) is 6.74. The Bertz CT molecular complexity index is 1060. The number of nitrogens with zero attached hydrogens (tertiary/aromatic N) is 4. The van der Waals surface area contributed by atoms with Crippen molar-refractivity contribution >= 4 is 23.2 Å². The van der Waals surface area contributed by atoms with E-state index in [-0.39, 0.29) is 5.78 Å². The summed E-state index contributed by atoms with van der Waals surface area (Å²) in [6.07, 6.45) is 8.61. The summed E-state index contributed by atoms with van der Waals surface area (Å²) in [5, 5.41) is 10.8. The first-order chi connectivity index (χ1) is 12.7. The predicted molar refractivity (Wildman–Crippen MR) is 103 cm³/mol. The van der Waals surface area contributed by atoms with Gasteiger partial charge in [0.15, 0.2) is 5.78 Å². The van der Waals surface area contributed by atoms with Crippen molar-refractivity contribution in [2.24, 2.45) is 7.05 Å². The van der Waals surface area contributed by atoms with Gasteiger partial charge in [-0.3, -0.25) is 9.48 Å². The zero-order valence-corrected chi connectivity index (χ0v) is 14.9. The maximum Gasteiger partial charge on any atom is 0.189 e. The first kappa shape index (κ1) is 16.2. The lowest BCUT2D eigenvalue weighted by molar-refractivity contribution is 0.104. The van der Waals surface area contributed by atoms with Crippen LogP contribution in [-0.2, 0) is 7.05 Å². The number of aryl methyl sites for hydroxylation is 1. The van der Waals surface area contributed by atoms with E-state index in [9.17, 15) is 4.79 Å². The summed E-state index contributed by atoms with van der Waals surface area (Å²) < 4.78 is 3.45. The number of ketones is 1. The molecule has 0 saturated heterocycles. The van der Waals surface area contributed by atoms with E-state index in [1.54, 1.807) is 41.5 Å². The molecule has 4 aromatic rings. The van der Waals surface area contributed by atoms with Gasteiger partial charge < -0.3 is 0 Å². The lowest BCUT2D eigenvalue weighted by Gasteiger charge is -1.99. The molecule has 5 nitrogen and oxygen atoms in total. The molecule has 3 aromatic heterocycles. The number of thiophene rings is 1. The molecule has 0 spiro atoms. The van der Waals surface area contributed by atoms with Crippen molar-refractivity contribution in [3.8, 4) is 16.3 Å². The molecular weight excluding hydrogens is 344 g/mol. The highest BCUT2D eigenvalue weighted by Gasteiger charge is 2.12. The van der Waals surface area contributed by atoms with Gasteiger partial charge in [-0.05, 0) is 35.7 Å². The summed E-state index contributed by atoms with van der Waals surface area (Å²) in [5.74, 6) is -0.0808. The van der Waals surface area contributed by atoms with E-state index < -0.39 is 0 Å². The number of rotatable bonds is 5. The summed E-state index contributed by atoms with van der Waals surface area (Å²) in [4.78, 5) is 13.4. The van der Waals surface area contributed by atoms with Gasteiger partial charge in [0.2, 0.25) is 0 Å². The fourth-order valence-corrected chi connectivity index (χ4v) is 3.37. The molecule has 0 aliphatic carbocycles. The average molecular weight is 360 g/mol. The van der Waals surface area contributed by atoms with Gasteiger partial charge in [-0.25, -0.2) is 4.68 Å². The van der Waals surface area contributed by atoms with E-state index >= 15 is 0 Å². The first-order valence-corrected chi connectivity index (χ1v) is 8.99. The molecule has 0 aliphatic rings. The predicted octanol–water partition coefficient (Wildman–Crippen LogP) is 4.23. The number of benzene rings is 1. The Kier molecular flexibility index (Phi) is 4.33. The maximum atomic E-state index is 12.3. The zero-order valence-electron chi connectivity index (χ0n) is 14.1. The summed E-state index contributed by atoms with van der Waals surface area (Å²) in [7, 11) is 1.79. The molecule has 0 saturated carbocycles. The maximum absolute atomic E-state index is 12.3. The van der Waals surface area contributed by atoms with Crippen molar-refractivity contribution in [2.75, 3.05) is 0 Å². The zero-order chi connectivity index (χ0) is 17.9. The standard InChI is InChI=1S/C20H16N4OS/c1-23-13-16(12-21-23)18(25)10-9-15-14-24(17-6-3-2-4-7-17)22-20(15)19-8-5-11-26-19/h2-14H,1H3. The van der Waals surface area contributed by atoms with Gasteiger partial charge in [0.25, 0.3) is 0 Å². The quantitative estimate of drug-likeness (QED) is 0.395. The lowest BCUT2D eigenvalue weighted by Crippen LogP contribution is -1.93. The summed E-state index contributed by atoms with van der Waals surface area (Å²) >= 11 is 1.62. The SMILES string of the molecule is Cn1cc(C(=O)C=Cc2cn(-c3ccccc3)nc2-c2cccs2)cn1. The van der Waals surface area contributed by atoms with E-state index in [4.69, 9.17) is 5.10 Å². The normalized spacial score (nSPS) is 11.3. The minimum Gasteiger partial charge on any atom is -0.289 e. The van der Waals surface area contributed by atoms with E-state index in [1.807, 2.05) is 64.8 Å². The van der Waals surface area contributed by atoms with Crippen LogP contribution < -0.4 is 0 Å². The molecular formula is C20H16N4OS. The van der Waals surface area contributed by atoms with Gasteiger partial charge in [0, 0.05) is 25.0 Å². The van der Waals surface area contributed by atoms with Crippen LogP contribution in [0.15, 0.2) is 72.5 Å². The largest absolute Gasteiger partial charge is 0.289 e. The molecule has 0 fully saturated rings. The summed E-state index contributed by atoms with van der Waals surface area (Å²) in [6.45, 7) is 0. The number of allylic oxidation sites excluding steroid dienone is 1. The molecule has 0 aliphatic heterocycles. The Hall–Kier alpha value is -3.25. The second-order valence-electron chi connectivity index (χ2n) is 5.79. The van der Waals surface area contributed by atoms with Crippen molar-refractivity contribution < 1.29 is 4.79 Å². The van der Waals surface area contributed by atoms with Crippen LogP contribution in [0, 0.1) is 0 Å². The molecule has 0 bridgehead atoms. The van der Waals surface area contributed by atoms with E-state index in [0.717, 1.165) is 21.8 Å². The van der Waals surface area contributed by atoms with E-state index in [2.05, 4.69) is 5.10 Å². The molecule has 26 heavy (non-hydrogen) atoms. The van der Waals surface area contributed by atoms with Gasteiger partial charge in [-0.2, -0.15) is 10.2 Å². The number of hydrogen-bond donors (Lipinski definition) is 0. The van der Waals surface area contributed by atoms with Gasteiger partial charge >= 0.3 is 0 Å². The Labute approximate surface area is 154 Å². The van der Waals surface area contributed by atoms with Gasteiger partial charge in [0.05, 0.1) is 22.3 Å². The van der Waals surface area contributed by atoms with Gasteiger partial charge in [-0.15, -0.1) is 11.3 Å². The van der Waals surface area contributed by atoms with Crippen molar-refractivity contribution in [3.63, 3.8) is 0 Å². The molecule has 4 rings (SSSR count). The summed E-state index contributed by atoms with van der Waals surface area (Å²) in [5.41, 5.74) is 3.30. The van der Waals surface area contributed by atoms with Crippen LogP contribution in [-0.4, -0.2) is 25.3 Å². The van der Waals surface area contributed by atoms with Crippen LogP contribution in [0.4, 0.5) is 0 Å². The number of hydrogen-bond acceptors (Lipinski definition) is 4. The fourth-order valence-electron chi connectivity index (χ4n) is 2.64. The van der Waals surface area contributed by atoms with Crippen LogP contribution in [0.25, 0.3) is 22.3 Å². The number of para-hydroxylation sites is 1. The molecule has 0 N–H and O–H groups in total. The Morgan fingerprint density at radius 3 is 2.65 bits per heavy atom. The van der Waals surface area contributed by atoms with Crippen LogP contribution in [0.5, 0.6) is 0 Å². The third-order valence-electron chi connectivity index (χ3n) is 3.92. The Balaban J connectivity index is 1.71. The Morgan fingerprint density at radius 2 is 1.96 bits per heavy atom. The van der Waals surface area contributed by atoms with Crippen molar-refractivity contribution in [1.82, 2.24) is 19.6 Å². The highest BCUT2D eigenvalue weighted by atomic mass is 32.1. The minimum atomic E-state index is -0.0808. The highest BCUT2D eigenvalue weighted by molar-refractivity contribution is 7.13. The number of aromatic nitrogens is 4. The average Bonchev–Trinajstić information content (AvgIpc) is 3.40. The monoisotopic (exact) mass is 360 g/mol. The first-order valence-electron chi connectivity index (χ1n) is 8.11. The minimum absolute atomic E-state index is 0.0808. The molecule has 0 radical (unpaired) electrons. The molecule has 1 aromatic carbocycles. The topological polar surface area (TPSA) is 52.7 Å². The summed E-state index contributed by atoms with van der Waals surface area (Å²) in [6, 6.07) is 13.9. The van der Waals surface area contributed by atoms with Gasteiger partial charge in [-0.1, -0.05) is 24.3 Å². The van der Waals surface area contributed by atoms with Crippen LogP contribution in [0.3, 0.4) is 0 Å². The van der Waals surface area contributed by atoms with E-state index in [0.29, 0.717) is 5.56 Å². The van der Waals surface area contributed by atoms with Crippen molar-refractivity contribution in [3.05, 3.63) is 83.6 Å². The molecule has 0 atom stereocenters. The van der Waals surface area contributed by atoms with Crippen molar-refractivity contribution in [2.45, 2.75) is 0 Å². The molecule has 6 heteroatoms. The smallest absolute Gasteiger partial charge is 0.189 e. The third kappa shape index (κ3) is 3.27. The van der Waals surface area contributed by atoms with Crippen LogP contribution in [0.1, 0.15) is 15.9 Å². The molecule has 0 amide bonds. The lowest BCUT2D eigenvalue weighted by atomic mass is 10.1. The second kappa shape index (κ2) is 6.93. The van der Waals surface area contributed by atoms with Gasteiger partial charge in [0.1, 0.15) is 5.69 Å². The fraction of sp³-hybridized carbons (Fsp3) is 0.0500.